The van der Waals surface area contributed by atoms with Gasteiger partial charge in [0.25, 0.3) is 0 Å². The molecule has 1 heterocycles. The molecular formula is C13H11BrClIN2O. The fourth-order valence-electron chi connectivity index (χ4n) is 1.77. The predicted molar refractivity (Wildman–Crippen MR) is 87.8 cm³/mol. The first-order chi connectivity index (χ1) is 9.04. The second kappa shape index (κ2) is 6.37. The first-order valence-electron chi connectivity index (χ1n) is 5.75. The van der Waals surface area contributed by atoms with E-state index in [1.54, 1.807) is 4.68 Å². The fraction of sp³-hybridized carbons (Fsp3) is 0.231. The SMILES string of the molecule is CCCn1ncc(Cl)c1C(=O)c1cc(I)ccc1Br. The van der Waals surface area contributed by atoms with Gasteiger partial charge in [0.05, 0.1) is 11.2 Å². The molecule has 0 unspecified atom stereocenters. The number of aryl methyl sites for hydroxylation is 1. The number of halogens is 3. The van der Waals surface area contributed by atoms with Crippen LogP contribution in [0.2, 0.25) is 5.02 Å². The Kier molecular flexibility index (Phi) is 5.03. The maximum absolute atomic E-state index is 12.6. The Bertz CT molecular complexity index is 627. The van der Waals surface area contributed by atoms with Gasteiger partial charge >= 0.3 is 0 Å². The number of ketones is 1. The van der Waals surface area contributed by atoms with Gasteiger partial charge in [0, 0.05) is 20.2 Å². The molecule has 0 bridgehead atoms. The highest BCUT2D eigenvalue weighted by Gasteiger charge is 2.21. The molecule has 1 aromatic heterocycles. The summed E-state index contributed by atoms with van der Waals surface area (Å²) in [6.45, 7) is 2.71. The maximum Gasteiger partial charge on any atom is 0.213 e. The van der Waals surface area contributed by atoms with Crippen LogP contribution in [0.5, 0.6) is 0 Å². The standard InChI is InChI=1S/C13H11BrClIN2O/c1-2-5-18-12(11(15)7-17-18)13(19)9-6-8(16)3-4-10(9)14/h3-4,6-7H,2,5H2,1H3. The second-order valence-corrected chi connectivity index (χ2v) is 6.52. The van der Waals surface area contributed by atoms with Crippen molar-refractivity contribution in [3.8, 4) is 0 Å². The first-order valence-corrected chi connectivity index (χ1v) is 8.00. The largest absolute Gasteiger partial charge is 0.287 e. The normalized spacial score (nSPS) is 10.7. The quantitative estimate of drug-likeness (QED) is 0.503. The van der Waals surface area contributed by atoms with Gasteiger partial charge in [0.2, 0.25) is 5.78 Å². The van der Waals surface area contributed by atoms with Crippen LogP contribution in [0.15, 0.2) is 28.9 Å². The molecule has 0 saturated heterocycles. The molecule has 2 aromatic rings. The first kappa shape index (κ1) is 15.0. The van der Waals surface area contributed by atoms with E-state index in [0.717, 1.165) is 14.5 Å². The van der Waals surface area contributed by atoms with E-state index in [9.17, 15) is 4.79 Å². The van der Waals surface area contributed by atoms with Gasteiger partial charge in [-0.25, -0.2) is 0 Å². The molecule has 2 rings (SSSR count). The van der Waals surface area contributed by atoms with E-state index in [4.69, 9.17) is 11.6 Å². The topological polar surface area (TPSA) is 34.9 Å². The Morgan fingerprint density at radius 1 is 1.53 bits per heavy atom. The van der Waals surface area contributed by atoms with Crippen molar-refractivity contribution in [2.24, 2.45) is 0 Å². The summed E-state index contributed by atoms with van der Waals surface area (Å²) in [5.41, 5.74) is 1.05. The zero-order valence-corrected chi connectivity index (χ0v) is 14.7. The highest BCUT2D eigenvalue weighted by Crippen LogP contribution is 2.25. The summed E-state index contributed by atoms with van der Waals surface area (Å²) in [6.07, 6.45) is 2.41. The summed E-state index contributed by atoms with van der Waals surface area (Å²) in [5.74, 6) is -0.110. The summed E-state index contributed by atoms with van der Waals surface area (Å²) < 4.78 is 3.43. The zero-order chi connectivity index (χ0) is 14.0. The summed E-state index contributed by atoms with van der Waals surface area (Å²) in [6, 6.07) is 5.64. The van der Waals surface area contributed by atoms with Gasteiger partial charge in [0.15, 0.2) is 0 Å². The van der Waals surface area contributed by atoms with E-state index in [2.05, 4.69) is 43.6 Å². The highest BCUT2D eigenvalue weighted by molar-refractivity contribution is 14.1. The van der Waals surface area contributed by atoms with Gasteiger partial charge in [-0.2, -0.15) is 5.10 Å². The lowest BCUT2D eigenvalue weighted by atomic mass is 10.1. The maximum atomic E-state index is 12.6. The number of rotatable bonds is 4. The molecule has 0 radical (unpaired) electrons. The number of nitrogens with zero attached hydrogens (tertiary/aromatic N) is 2. The molecule has 0 amide bonds. The molecule has 6 heteroatoms. The third-order valence-electron chi connectivity index (χ3n) is 2.62. The molecule has 0 aliphatic carbocycles. The van der Waals surface area contributed by atoms with E-state index < -0.39 is 0 Å². The van der Waals surface area contributed by atoms with E-state index in [1.165, 1.54) is 6.20 Å². The lowest BCUT2D eigenvalue weighted by molar-refractivity contribution is 0.102. The molecule has 19 heavy (non-hydrogen) atoms. The molecule has 0 N–H and O–H groups in total. The van der Waals surface area contributed by atoms with Crippen molar-refractivity contribution in [2.75, 3.05) is 0 Å². The summed E-state index contributed by atoms with van der Waals surface area (Å²) in [5, 5.41) is 4.54. The predicted octanol–water partition coefficient (Wildman–Crippen LogP) is 4.54. The minimum absolute atomic E-state index is 0.110. The molecule has 0 aliphatic heterocycles. The Labute approximate surface area is 138 Å². The second-order valence-electron chi connectivity index (χ2n) is 4.02. The van der Waals surface area contributed by atoms with Crippen LogP contribution in [-0.4, -0.2) is 15.6 Å². The van der Waals surface area contributed by atoms with Crippen LogP contribution in [0.25, 0.3) is 0 Å². The van der Waals surface area contributed by atoms with Gasteiger partial charge in [-0.15, -0.1) is 0 Å². The monoisotopic (exact) mass is 452 g/mol. The van der Waals surface area contributed by atoms with E-state index in [-0.39, 0.29) is 5.78 Å². The fourth-order valence-corrected chi connectivity index (χ4v) is 2.91. The molecule has 0 atom stereocenters. The number of benzene rings is 1. The Morgan fingerprint density at radius 2 is 2.26 bits per heavy atom. The van der Waals surface area contributed by atoms with Crippen molar-refractivity contribution < 1.29 is 4.79 Å². The summed E-state index contributed by atoms with van der Waals surface area (Å²) >= 11 is 11.7. The van der Waals surface area contributed by atoms with Gasteiger partial charge in [0.1, 0.15) is 5.69 Å². The van der Waals surface area contributed by atoms with E-state index in [1.807, 2.05) is 25.1 Å². The zero-order valence-electron chi connectivity index (χ0n) is 10.2. The van der Waals surface area contributed by atoms with Gasteiger partial charge < -0.3 is 0 Å². The van der Waals surface area contributed by atoms with E-state index >= 15 is 0 Å². The lowest BCUT2D eigenvalue weighted by Crippen LogP contribution is -2.12. The van der Waals surface area contributed by atoms with Crippen LogP contribution in [0.4, 0.5) is 0 Å². The van der Waals surface area contributed by atoms with Crippen molar-refractivity contribution in [3.63, 3.8) is 0 Å². The molecule has 0 spiro atoms. The van der Waals surface area contributed by atoms with Crippen molar-refractivity contribution in [3.05, 3.63) is 48.7 Å². The molecule has 1 aromatic carbocycles. The Hall–Kier alpha value is -0.400. The lowest BCUT2D eigenvalue weighted by Gasteiger charge is -2.08. The van der Waals surface area contributed by atoms with Gasteiger partial charge in [-0.3, -0.25) is 9.48 Å². The van der Waals surface area contributed by atoms with Crippen molar-refractivity contribution in [1.82, 2.24) is 9.78 Å². The van der Waals surface area contributed by atoms with Crippen molar-refractivity contribution in [2.45, 2.75) is 19.9 Å². The van der Waals surface area contributed by atoms with E-state index in [0.29, 0.717) is 22.8 Å². The average Bonchev–Trinajstić information content (AvgIpc) is 2.73. The van der Waals surface area contributed by atoms with Crippen LogP contribution in [0.1, 0.15) is 29.4 Å². The Balaban J connectivity index is 2.49. The number of hydrogen-bond acceptors (Lipinski definition) is 2. The van der Waals surface area contributed by atoms with Crippen LogP contribution >= 0.6 is 50.1 Å². The molecular weight excluding hydrogens is 442 g/mol. The van der Waals surface area contributed by atoms with Crippen molar-refractivity contribution in [1.29, 1.82) is 0 Å². The third-order valence-corrected chi connectivity index (χ3v) is 4.26. The average molecular weight is 454 g/mol. The molecule has 0 fully saturated rings. The summed E-state index contributed by atoms with van der Waals surface area (Å²) in [7, 11) is 0. The number of carbonyl (C=O) groups excluding carboxylic acids is 1. The van der Waals surface area contributed by atoms with Gasteiger partial charge in [-0.05, 0) is 47.2 Å². The minimum Gasteiger partial charge on any atom is -0.287 e. The molecule has 100 valence electrons. The molecule has 0 aliphatic rings. The van der Waals surface area contributed by atoms with Crippen LogP contribution in [-0.2, 0) is 6.54 Å². The number of hydrogen-bond donors (Lipinski definition) is 0. The summed E-state index contributed by atoms with van der Waals surface area (Å²) in [4.78, 5) is 12.6. The highest BCUT2D eigenvalue weighted by atomic mass is 127. The molecule has 3 nitrogen and oxygen atoms in total. The minimum atomic E-state index is -0.110. The number of aromatic nitrogens is 2. The van der Waals surface area contributed by atoms with Gasteiger partial charge in [-0.1, -0.05) is 34.5 Å². The molecule has 0 saturated carbocycles. The Morgan fingerprint density at radius 3 is 2.95 bits per heavy atom. The van der Waals surface area contributed by atoms with Crippen LogP contribution in [0.3, 0.4) is 0 Å². The smallest absolute Gasteiger partial charge is 0.213 e. The van der Waals surface area contributed by atoms with Crippen LogP contribution in [0, 0.1) is 3.57 Å². The number of carbonyl (C=O) groups is 1. The third kappa shape index (κ3) is 3.20. The van der Waals surface area contributed by atoms with Crippen LogP contribution < -0.4 is 0 Å². The van der Waals surface area contributed by atoms with Crippen molar-refractivity contribution >= 4 is 55.9 Å².